The van der Waals surface area contributed by atoms with E-state index in [1.165, 1.54) is 0 Å². The number of hydrogen-bond donors (Lipinski definition) is 2. The maximum Gasteiger partial charge on any atom is 0.236 e. The Morgan fingerprint density at radius 2 is 1.90 bits per heavy atom. The van der Waals surface area contributed by atoms with Gasteiger partial charge in [0.2, 0.25) is 5.91 Å². The zero-order valence-electron chi connectivity index (χ0n) is 11.7. The molecule has 0 aliphatic heterocycles. The first kappa shape index (κ1) is 15.1. The zero-order valence-corrected chi connectivity index (χ0v) is 12.6. The fraction of sp³-hybridized carbons (Fsp3) is 0.188. The maximum absolute atomic E-state index is 12.4. The summed E-state index contributed by atoms with van der Waals surface area (Å²) in [6.07, 6.45) is 1.66. The van der Waals surface area contributed by atoms with Gasteiger partial charge >= 0.3 is 0 Å². The van der Waals surface area contributed by atoms with E-state index >= 15 is 0 Å². The normalized spacial score (nSPS) is 11.5. The fourth-order valence-corrected chi connectivity index (χ4v) is 2.19. The second-order valence-electron chi connectivity index (χ2n) is 4.51. The van der Waals surface area contributed by atoms with Crippen molar-refractivity contribution >= 4 is 23.1 Å². The predicted octanol–water partition coefficient (Wildman–Crippen LogP) is 2.03. The number of carbonyl (C=O) groups is 1. The number of rotatable bonds is 5. The lowest BCUT2D eigenvalue weighted by Crippen LogP contribution is -2.37. The molecule has 0 fully saturated rings. The molecule has 0 spiro atoms. The molecule has 0 bridgehead atoms. The lowest BCUT2D eigenvalue weighted by Gasteiger charge is -2.17. The fourth-order valence-electron chi connectivity index (χ4n) is 1.97. The molecule has 0 radical (unpaired) electrons. The molecule has 2 N–H and O–H groups in total. The molecule has 1 heterocycles. The topological polar surface area (TPSA) is 54.0 Å². The summed E-state index contributed by atoms with van der Waals surface area (Å²) in [6.45, 7) is 0.468. The van der Waals surface area contributed by atoms with Gasteiger partial charge in [-0.05, 0) is 17.7 Å². The molecule has 5 heteroatoms. The zero-order chi connectivity index (χ0) is 15.1. The number of amides is 1. The van der Waals surface area contributed by atoms with E-state index < -0.39 is 5.92 Å². The Kier molecular flexibility index (Phi) is 5.40. The van der Waals surface area contributed by atoms with Gasteiger partial charge in [-0.25, -0.2) is 0 Å². The van der Waals surface area contributed by atoms with E-state index in [9.17, 15) is 4.79 Å². The minimum Gasteiger partial charge on any atom is -0.382 e. The molecule has 4 nitrogen and oxygen atoms in total. The SMILES string of the molecule is CNC(=S)C(C(=O)NCc1ccccc1)c1ccccn1. The molecule has 1 aromatic carbocycles. The summed E-state index contributed by atoms with van der Waals surface area (Å²) < 4.78 is 0. The molecule has 2 rings (SSSR count). The van der Waals surface area contributed by atoms with Crippen LogP contribution in [0.1, 0.15) is 17.2 Å². The van der Waals surface area contributed by atoms with Crippen molar-refractivity contribution < 1.29 is 4.79 Å². The van der Waals surface area contributed by atoms with Gasteiger partial charge in [0.25, 0.3) is 0 Å². The molecule has 1 aromatic heterocycles. The number of aromatic nitrogens is 1. The van der Waals surface area contributed by atoms with E-state index in [4.69, 9.17) is 12.2 Å². The van der Waals surface area contributed by atoms with Crippen molar-refractivity contribution in [1.82, 2.24) is 15.6 Å². The van der Waals surface area contributed by atoms with Gasteiger partial charge in [0, 0.05) is 19.8 Å². The molecule has 21 heavy (non-hydrogen) atoms. The lowest BCUT2D eigenvalue weighted by atomic mass is 10.0. The Hall–Kier alpha value is -2.27. The van der Waals surface area contributed by atoms with Gasteiger partial charge in [-0.2, -0.15) is 0 Å². The quantitative estimate of drug-likeness (QED) is 0.830. The largest absolute Gasteiger partial charge is 0.382 e. The summed E-state index contributed by atoms with van der Waals surface area (Å²) in [5.74, 6) is -0.730. The molecule has 0 saturated heterocycles. The van der Waals surface area contributed by atoms with E-state index in [1.807, 2.05) is 42.5 Å². The summed E-state index contributed by atoms with van der Waals surface area (Å²) in [5, 5.41) is 5.78. The number of pyridine rings is 1. The van der Waals surface area contributed by atoms with Crippen LogP contribution in [-0.2, 0) is 11.3 Å². The van der Waals surface area contributed by atoms with Crippen LogP contribution in [0.5, 0.6) is 0 Å². The molecule has 0 saturated carbocycles. The van der Waals surface area contributed by atoms with E-state index in [2.05, 4.69) is 15.6 Å². The number of carbonyl (C=O) groups excluding carboxylic acids is 1. The first-order chi connectivity index (χ1) is 10.2. The predicted molar refractivity (Wildman–Crippen MR) is 86.9 cm³/mol. The number of thiocarbonyl (C=S) groups is 1. The van der Waals surface area contributed by atoms with Gasteiger partial charge in [-0.1, -0.05) is 48.6 Å². The van der Waals surface area contributed by atoms with Crippen molar-refractivity contribution in [2.75, 3.05) is 7.05 Å². The van der Waals surface area contributed by atoms with Crippen molar-refractivity contribution in [1.29, 1.82) is 0 Å². The van der Waals surface area contributed by atoms with Crippen LogP contribution in [0.25, 0.3) is 0 Å². The highest BCUT2D eigenvalue weighted by Crippen LogP contribution is 2.15. The van der Waals surface area contributed by atoms with Crippen LogP contribution in [0.4, 0.5) is 0 Å². The van der Waals surface area contributed by atoms with Crippen molar-refractivity contribution in [3.8, 4) is 0 Å². The third-order valence-corrected chi connectivity index (χ3v) is 3.50. The Labute approximate surface area is 129 Å². The summed E-state index contributed by atoms with van der Waals surface area (Å²) >= 11 is 5.25. The lowest BCUT2D eigenvalue weighted by molar-refractivity contribution is -0.121. The smallest absolute Gasteiger partial charge is 0.236 e. The highest BCUT2D eigenvalue weighted by molar-refractivity contribution is 7.80. The van der Waals surface area contributed by atoms with E-state index in [0.29, 0.717) is 17.2 Å². The average Bonchev–Trinajstić information content (AvgIpc) is 2.55. The summed E-state index contributed by atoms with van der Waals surface area (Å²) in [6, 6.07) is 15.2. The highest BCUT2D eigenvalue weighted by atomic mass is 32.1. The van der Waals surface area contributed by atoms with Gasteiger partial charge in [0.05, 0.1) is 10.7 Å². The molecular formula is C16H17N3OS. The number of benzene rings is 1. The van der Waals surface area contributed by atoms with Gasteiger partial charge in [0.1, 0.15) is 5.92 Å². The van der Waals surface area contributed by atoms with Crippen LogP contribution in [0, 0.1) is 0 Å². The number of nitrogens with zero attached hydrogens (tertiary/aromatic N) is 1. The van der Waals surface area contributed by atoms with Crippen molar-refractivity contribution in [2.45, 2.75) is 12.5 Å². The van der Waals surface area contributed by atoms with Crippen LogP contribution in [0.2, 0.25) is 0 Å². The highest BCUT2D eigenvalue weighted by Gasteiger charge is 2.25. The van der Waals surface area contributed by atoms with Crippen LogP contribution >= 0.6 is 12.2 Å². The van der Waals surface area contributed by atoms with Gasteiger partial charge in [0.15, 0.2) is 0 Å². The second-order valence-corrected chi connectivity index (χ2v) is 4.95. The van der Waals surface area contributed by atoms with Crippen LogP contribution in [-0.4, -0.2) is 22.9 Å². The molecule has 108 valence electrons. The van der Waals surface area contributed by atoms with Gasteiger partial charge in [-0.15, -0.1) is 0 Å². The summed E-state index contributed by atoms with van der Waals surface area (Å²) in [4.78, 5) is 17.1. The third kappa shape index (κ3) is 4.10. The summed E-state index contributed by atoms with van der Waals surface area (Å²) in [5.41, 5.74) is 1.68. The standard InChI is InChI=1S/C16H17N3OS/c1-17-16(21)14(13-9-5-6-10-18-13)15(20)19-11-12-7-3-2-4-8-12/h2-10,14H,11H2,1H3,(H,17,21)(H,19,20). The molecule has 0 aliphatic carbocycles. The Balaban J connectivity index is 2.10. The molecular weight excluding hydrogens is 282 g/mol. The number of likely N-dealkylation sites (N-methyl/N-ethyl adjacent to an activating group) is 1. The minimum atomic E-state index is -0.574. The average molecular weight is 299 g/mol. The minimum absolute atomic E-state index is 0.156. The second kappa shape index (κ2) is 7.50. The van der Waals surface area contributed by atoms with E-state index in [1.54, 1.807) is 19.3 Å². The molecule has 0 aliphatic rings. The van der Waals surface area contributed by atoms with Crippen molar-refractivity contribution in [3.05, 3.63) is 66.0 Å². The monoisotopic (exact) mass is 299 g/mol. The van der Waals surface area contributed by atoms with Gasteiger partial charge in [-0.3, -0.25) is 9.78 Å². The Morgan fingerprint density at radius 3 is 2.52 bits per heavy atom. The Bertz CT molecular complexity index is 601. The number of nitrogens with one attached hydrogen (secondary N) is 2. The van der Waals surface area contributed by atoms with Crippen LogP contribution < -0.4 is 10.6 Å². The molecule has 1 amide bonds. The summed E-state index contributed by atoms with van der Waals surface area (Å²) in [7, 11) is 1.71. The number of hydrogen-bond acceptors (Lipinski definition) is 3. The molecule has 1 unspecified atom stereocenters. The van der Waals surface area contributed by atoms with Gasteiger partial charge < -0.3 is 10.6 Å². The Morgan fingerprint density at radius 1 is 1.19 bits per heavy atom. The third-order valence-electron chi connectivity index (χ3n) is 3.06. The molecule has 1 atom stereocenters. The van der Waals surface area contributed by atoms with Crippen molar-refractivity contribution in [2.24, 2.45) is 0 Å². The van der Waals surface area contributed by atoms with Crippen LogP contribution in [0.3, 0.4) is 0 Å². The van der Waals surface area contributed by atoms with Crippen molar-refractivity contribution in [3.63, 3.8) is 0 Å². The van der Waals surface area contributed by atoms with Crippen LogP contribution in [0.15, 0.2) is 54.7 Å². The van der Waals surface area contributed by atoms with E-state index in [0.717, 1.165) is 5.56 Å². The first-order valence-electron chi connectivity index (χ1n) is 6.66. The molecule has 2 aromatic rings. The first-order valence-corrected chi connectivity index (χ1v) is 7.07. The van der Waals surface area contributed by atoms with E-state index in [-0.39, 0.29) is 5.91 Å². The maximum atomic E-state index is 12.4.